The summed E-state index contributed by atoms with van der Waals surface area (Å²) in [5.74, 6) is -0.489. The predicted octanol–water partition coefficient (Wildman–Crippen LogP) is 3.69. The van der Waals surface area contributed by atoms with Gasteiger partial charge in [-0.1, -0.05) is 6.07 Å². The van der Waals surface area contributed by atoms with E-state index >= 15 is 0 Å². The molecule has 0 amide bonds. The van der Waals surface area contributed by atoms with E-state index in [0.29, 0.717) is 12.1 Å². The van der Waals surface area contributed by atoms with Gasteiger partial charge in [-0.05, 0) is 44.2 Å². The molecule has 146 valence electrons. The van der Waals surface area contributed by atoms with Crippen molar-refractivity contribution in [2.45, 2.75) is 20.4 Å². The number of Topliss-reactive ketones (excluding diaryl/α,β-unsaturated/α-hetero) is 1. The first kappa shape index (κ1) is 19.4. The second-order valence-corrected chi connectivity index (χ2v) is 6.28. The minimum Gasteiger partial charge on any atom is -0.482 e. The summed E-state index contributed by atoms with van der Waals surface area (Å²) in [6.07, 6.45) is 1.60. The van der Waals surface area contributed by atoms with Gasteiger partial charge in [-0.25, -0.2) is 9.18 Å². The van der Waals surface area contributed by atoms with Gasteiger partial charge in [0, 0.05) is 23.0 Å². The molecule has 0 fully saturated rings. The highest BCUT2D eigenvalue weighted by Gasteiger charge is 2.18. The molecule has 7 heteroatoms. The number of carbonyl (C=O) groups excluding carboxylic acids is 2. The Morgan fingerprint density at radius 3 is 2.64 bits per heavy atom. The highest BCUT2D eigenvalue weighted by molar-refractivity contribution is 5.99. The van der Waals surface area contributed by atoms with Crippen molar-refractivity contribution in [3.05, 3.63) is 77.3 Å². The summed E-state index contributed by atoms with van der Waals surface area (Å²) >= 11 is 0. The summed E-state index contributed by atoms with van der Waals surface area (Å²) in [7, 11) is 0. The second-order valence-electron chi connectivity index (χ2n) is 6.28. The van der Waals surface area contributed by atoms with E-state index in [-0.39, 0.29) is 11.5 Å². The number of aromatic nitrogens is 1. The Balaban J connectivity index is 1.55. The third-order valence-corrected chi connectivity index (χ3v) is 4.29. The molecule has 0 saturated carbocycles. The number of furan rings is 1. The molecule has 0 atom stereocenters. The Hall–Kier alpha value is -3.35. The van der Waals surface area contributed by atoms with Gasteiger partial charge >= 0.3 is 5.97 Å². The maximum atomic E-state index is 13.1. The van der Waals surface area contributed by atoms with Crippen LogP contribution in [0.3, 0.4) is 0 Å². The van der Waals surface area contributed by atoms with Crippen LogP contribution in [0.25, 0.3) is 0 Å². The lowest BCUT2D eigenvalue weighted by Gasteiger charge is -2.08. The summed E-state index contributed by atoms with van der Waals surface area (Å²) in [6, 6.07) is 10.9. The first-order chi connectivity index (χ1) is 13.4. The van der Waals surface area contributed by atoms with Crippen LogP contribution in [0, 0.1) is 19.7 Å². The van der Waals surface area contributed by atoms with E-state index in [0.717, 1.165) is 23.2 Å². The van der Waals surface area contributed by atoms with Crippen LogP contribution in [0.2, 0.25) is 0 Å². The van der Waals surface area contributed by atoms with Crippen molar-refractivity contribution < 1.29 is 27.9 Å². The van der Waals surface area contributed by atoms with Crippen LogP contribution < -0.4 is 4.74 Å². The van der Waals surface area contributed by atoms with Gasteiger partial charge in [0.1, 0.15) is 17.3 Å². The van der Waals surface area contributed by atoms with Gasteiger partial charge in [0.15, 0.2) is 13.2 Å². The first-order valence-electron chi connectivity index (χ1n) is 8.70. The van der Waals surface area contributed by atoms with E-state index in [9.17, 15) is 14.0 Å². The van der Waals surface area contributed by atoms with Crippen molar-refractivity contribution in [3.63, 3.8) is 0 Å². The molecule has 2 aromatic heterocycles. The van der Waals surface area contributed by atoms with E-state index < -0.39 is 25.0 Å². The average Bonchev–Trinajstić information content (AvgIpc) is 3.28. The summed E-state index contributed by atoms with van der Waals surface area (Å²) in [4.78, 5) is 24.2. The zero-order valence-electron chi connectivity index (χ0n) is 15.6. The molecule has 3 rings (SSSR count). The maximum Gasteiger partial charge on any atom is 0.344 e. The molecule has 0 radical (unpaired) electrons. The highest BCUT2D eigenvalue weighted by Crippen LogP contribution is 2.18. The fourth-order valence-corrected chi connectivity index (χ4v) is 2.85. The SMILES string of the molecule is Cc1cc(C(=O)COC(=O)COc2cccc(F)c2)c(C)n1Cc1ccco1. The average molecular weight is 385 g/mol. The summed E-state index contributed by atoms with van der Waals surface area (Å²) in [5, 5.41) is 0. The molecule has 0 aliphatic heterocycles. The molecule has 3 aromatic rings. The van der Waals surface area contributed by atoms with Crippen molar-refractivity contribution in [2.75, 3.05) is 13.2 Å². The quantitative estimate of drug-likeness (QED) is 0.437. The number of aryl methyl sites for hydroxylation is 1. The van der Waals surface area contributed by atoms with Gasteiger partial charge in [-0.2, -0.15) is 0 Å². The Morgan fingerprint density at radius 1 is 1.11 bits per heavy atom. The van der Waals surface area contributed by atoms with Crippen LogP contribution in [-0.2, 0) is 16.1 Å². The number of halogens is 1. The zero-order valence-corrected chi connectivity index (χ0v) is 15.6. The lowest BCUT2D eigenvalue weighted by molar-refractivity contribution is -0.144. The molecular formula is C21H20FNO5. The number of hydrogen-bond donors (Lipinski definition) is 0. The Morgan fingerprint density at radius 2 is 1.93 bits per heavy atom. The predicted molar refractivity (Wildman–Crippen MR) is 98.9 cm³/mol. The summed E-state index contributed by atoms with van der Waals surface area (Å²) < 4.78 is 30.5. The second kappa shape index (κ2) is 8.56. The third kappa shape index (κ3) is 4.68. The Bertz CT molecular complexity index is 975. The molecular weight excluding hydrogens is 365 g/mol. The number of ether oxygens (including phenoxy) is 2. The maximum absolute atomic E-state index is 13.1. The van der Waals surface area contributed by atoms with Gasteiger partial charge in [-0.3, -0.25) is 4.79 Å². The monoisotopic (exact) mass is 385 g/mol. The van der Waals surface area contributed by atoms with E-state index in [4.69, 9.17) is 13.9 Å². The Labute approximate surface area is 161 Å². The van der Waals surface area contributed by atoms with Crippen molar-refractivity contribution in [1.29, 1.82) is 0 Å². The highest BCUT2D eigenvalue weighted by atomic mass is 19.1. The molecule has 28 heavy (non-hydrogen) atoms. The largest absolute Gasteiger partial charge is 0.482 e. The molecule has 0 aliphatic rings. The van der Waals surface area contributed by atoms with Crippen molar-refractivity contribution >= 4 is 11.8 Å². The lowest BCUT2D eigenvalue weighted by atomic mass is 10.1. The van der Waals surface area contributed by atoms with Crippen molar-refractivity contribution in [1.82, 2.24) is 4.57 Å². The normalized spacial score (nSPS) is 10.7. The van der Waals surface area contributed by atoms with Gasteiger partial charge < -0.3 is 18.5 Å². The molecule has 0 saturated heterocycles. The molecule has 0 spiro atoms. The van der Waals surface area contributed by atoms with Crippen LogP contribution in [0.5, 0.6) is 5.75 Å². The van der Waals surface area contributed by atoms with E-state index in [1.807, 2.05) is 24.5 Å². The number of benzene rings is 1. The molecule has 0 aliphatic carbocycles. The van der Waals surface area contributed by atoms with Crippen LogP contribution in [-0.4, -0.2) is 29.5 Å². The van der Waals surface area contributed by atoms with E-state index in [1.54, 1.807) is 18.4 Å². The fourth-order valence-electron chi connectivity index (χ4n) is 2.85. The minimum atomic E-state index is -0.706. The summed E-state index contributed by atoms with van der Waals surface area (Å²) in [5.41, 5.74) is 2.16. The summed E-state index contributed by atoms with van der Waals surface area (Å²) in [6.45, 7) is 3.44. The Kier molecular flexibility index (Phi) is 5.93. The number of esters is 1. The zero-order chi connectivity index (χ0) is 20.1. The van der Waals surface area contributed by atoms with Crippen LogP contribution in [0.1, 0.15) is 27.5 Å². The first-order valence-corrected chi connectivity index (χ1v) is 8.70. The standard InChI is InChI=1S/C21H20FNO5/c1-14-9-19(15(2)23(14)11-18-7-4-8-26-18)20(24)12-28-21(25)13-27-17-6-3-5-16(22)10-17/h3-10H,11-13H2,1-2H3. The molecule has 2 heterocycles. The molecule has 6 nitrogen and oxygen atoms in total. The smallest absolute Gasteiger partial charge is 0.344 e. The van der Waals surface area contributed by atoms with E-state index in [1.165, 1.54) is 18.2 Å². The van der Waals surface area contributed by atoms with Gasteiger partial charge in [0.05, 0.1) is 12.8 Å². The van der Waals surface area contributed by atoms with Crippen LogP contribution in [0.15, 0.2) is 53.1 Å². The topological polar surface area (TPSA) is 70.7 Å². The number of carbonyl (C=O) groups is 2. The molecule has 1 aromatic carbocycles. The van der Waals surface area contributed by atoms with E-state index in [2.05, 4.69) is 0 Å². The molecule has 0 unspecified atom stereocenters. The number of nitrogens with zero attached hydrogens (tertiary/aromatic N) is 1. The van der Waals surface area contributed by atoms with Crippen LogP contribution >= 0.6 is 0 Å². The van der Waals surface area contributed by atoms with Gasteiger partial charge in [0.25, 0.3) is 0 Å². The van der Waals surface area contributed by atoms with Gasteiger partial charge in [-0.15, -0.1) is 0 Å². The third-order valence-electron chi connectivity index (χ3n) is 4.29. The fraction of sp³-hybridized carbons (Fsp3) is 0.238. The van der Waals surface area contributed by atoms with Crippen molar-refractivity contribution in [2.24, 2.45) is 0 Å². The van der Waals surface area contributed by atoms with Crippen molar-refractivity contribution in [3.8, 4) is 5.75 Å². The van der Waals surface area contributed by atoms with Gasteiger partial charge in [0.2, 0.25) is 5.78 Å². The number of hydrogen-bond acceptors (Lipinski definition) is 5. The lowest BCUT2D eigenvalue weighted by Crippen LogP contribution is -2.20. The molecule has 0 N–H and O–H groups in total. The number of rotatable bonds is 8. The molecule has 0 bridgehead atoms. The van der Waals surface area contributed by atoms with Crippen LogP contribution in [0.4, 0.5) is 4.39 Å². The minimum absolute atomic E-state index is 0.213. The number of ketones is 1.